The number of halogens is 2. The number of amides is 1. The fourth-order valence-electron chi connectivity index (χ4n) is 4.80. The summed E-state index contributed by atoms with van der Waals surface area (Å²) in [5.41, 5.74) is 9.50. The molecule has 5 N–H and O–H groups in total. The van der Waals surface area contributed by atoms with Crippen LogP contribution in [0, 0.1) is 11.6 Å². The number of fused-ring (bicyclic) bond motifs is 1. The molecule has 11 heteroatoms. The average molecular weight is 562 g/mol. The molecule has 41 heavy (non-hydrogen) atoms. The highest BCUT2D eigenvalue weighted by molar-refractivity contribution is 5.94. The standard InChI is InChI=1S/C30H29F2N5O4/c1-41-29(39)15-21(13-20-16-33-26-5-3-2-4-23(20)26)37-17-28(35-36-37)27(12-18-6-9-22(38)10-7-18)34-30(40)19-8-11-24(31)25(32)14-19/h2-11,14,16-17,21,27,33,35-36,38H,12-13,15H2,1H3,(H,34,40)/t21-,27?/m1/s1. The van der Waals surface area contributed by atoms with Crippen molar-refractivity contribution < 1.29 is 28.2 Å². The van der Waals surface area contributed by atoms with Crippen molar-refractivity contribution in [3.05, 3.63) is 113 Å². The van der Waals surface area contributed by atoms with Gasteiger partial charge in [-0.1, -0.05) is 30.3 Å². The maximum Gasteiger partial charge on any atom is 0.307 e. The maximum atomic E-state index is 13.8. The number of ether oxygens (including phenoxy) is 1. The Morgan fingerprint density at radius 1 is 1.02 bits per heavy atom. The van der Waals surface area contributed by atoms with Gasteiger partial charge in [0.15, 0.2) is 11.6 Å². The summed E-state index contributed by atoms with van der Waals surface area (Å²) in [5, 5.41) is 15.4. The summed E-state index contributed by atoms with van der Waals surface area (Å²) in [4.78, 5) is 28.7. The van der Waals surface area contributed by atoms with Gasteiger partial charge < -0.3 is 25.6 Å². The Balaban J connectivity index is 1.42. The molecule has 1 aliphatic heterocycles. The van der Waals surface area contributed by atoms with E-state index in [1.54, 1.807) is 23.3 Å². The Hall–Kier alpha value is -4.90. The molecule has 0 fully saturated rings. The van der Waals surface area contributed by atoms with Crippen molar-refractivity contribution in [1.82, 2.24) is 26.3 Å². The molecule has 3 aromatic carbocycles. The third-order valence-corrected chi connectivity index (χ3v) is 7.00. The number of methoxy groups -OCH3 is 1. The molecule has 4 aromatic rings. The highest BCUT2D eigenvalue weighted by atomic mass is 19.2. The van der Waals surface area contributed by atoms with Gasteiger partial charge in [0.25, 0.3) is 5.91 Å². The van der Waals surface area contributed by atoms with E-state index in [4.69, 9.17) is 4.74 Å². The first-order valence-corrected chi connectivity index (χ1v) is 13.0. The van der Waals surface area contributed by atoms with Gasteiger partial charge in [-0.05, 0) is 60.4 Å². The smallest absolute Gasteiger partial charge is 0.307 e. The van der Waals surface area contributed by atoms with Crippen LogP contribution in [0.15, 0.2) is 84.8 Å². The van der Waals surface area contributed by atoms with Crippen molar-refractivity contribution in [2.45, 2.75) is 31.3 Å². The number of phenolic OH excluding ortho intramolecular Hbond substituents is 1. The second kappa shape index (κ2) is 12.1. The first-order chi connectivity index (χ1) is 19.8. The third kappa shape index (κ3) is 6.47. The number of aromatic hydroxyl groups is 1. The van der Waals surface area contributed by atoms with Gasteiger partial charge in [0.05, 0.1) is 31.3 Å². The Kier molecular flexibility index (Phi) is 8.16. The van der Waals surface area contributed by atoms with E-state index in [0.717, 1.165) is 34.2 Å². The molecule has 0 saturated heterocycles. The summed E-state index contributed by atoms with van der Waals surface area (Å²) in [5.74, 6) is -3.05. The van der Waals surface area contributed by atoms with Crippen LogP contribution in [-0.2, 0) is 22.4 Å². The van der Waals surface area contributed by atoms with Crippen molar-refractivity contribution in [2.24, 2.45) is 0 Å². The second-order valence-corrected chi connectivity index (χ2v) is 9.75. The van der Waals surface area contributed by atoms with E-state index in [1.165, 1.54) is 25.3 Å². The van der Waals surface area contributed by atoms with Crippen molar-refractivity contribution in [1.29, 1.82) is 0 Å². The molecule has 212 valence electrons. The Labute approximate surface area is 234 Å². The number of carbonyl (C=O) groups is 2. The lowest BCUT2D eigenvalue weighted by molar-refractivity contribution is -0.142. The van der Waals surface area contributed by atoms with Crippen molar-refractivity contribution in [3.8, 4) is 5.75 Å². The van der Waals surface area contributed by atoms with Crippen LogP contribution in [0.3, 0.4) is 0 Å². The number of phenols is 1. The van der Waals surface area contributed by atoms with Crippen molar-refractivity contribution >= 4 is 22.8 Å². The number of benzene rings is 3. The summed E-state index contributed by atoms with van der Waals surface area (Å²) in [6.07, 6.45) is 4.58. The molecule has 9 nitrogen and oxygen atoms in total. The molecule has 0 radical (unpaired) electrons. The van der Waals surface area contributed by atoms with Crippen LogP contribution in [0.1, 0.15) is 27.9 Å². The zero-order valence-electron chi connectivity index (χ0n) is 22.2. The number of nitrogens with one attached hydrogen (secondary N) is 4. The highest BCUT2D eigenvalue weighted by Crippen LogP contribution is 2.24. The minimum Gasteiger partial charge on any atom is -0.508 e. The molecular formula is C30H29F2N5O4. The van der Waals surface area contributed by atoms with Crippen LogP contribution in [0.25, 0.3) is 10.9 Å². The van der Waals surface area contributed by atoms with E-state index in [1.807, 2.05) is 30.5 Å². The first-order valence-electron chi connectivity index (χ1n) is 13.0. The number of esters is 1. The minimum absolute atomic E-state index is 0.0362. The summed E-state index contributed by atoms with van der Waals surface area (Å²) in [6, 6.07) is 16.4. The maximum absolute atomic E-state index is 13.8. The molecule has 2 heterocycles. The summed E-state index contributed by atoms with van der Waals surface area (Å²) in [6.45, 7) is 0. The monoisotopic (exact) mass is 561 g/mol. The summed E-state index contributed by atoms with van der Waals surface area (Å²) < 4.78 is 32.2. The number of H-pyrrole nitrogens is 1. The number of rotatable bonds is 10. The second-order valence-electron chi connectivity index (χ2n) is 9.75. The number of hydrogen-bond acceptors (Lipinski definition) is 7. The fourth-order valence-corrected chi connectivity index (χ4v) is 4.80. The molecule has 1 aliphatic rings. The van der Waals surface area contributed by atoms with Gasteiger partial charge in [-0.3, -0.25) is 14.6 Å². The lowest BCUT2D eigenvalue weighted by atomic mass is 10.0. The predicted molar refractivity (Wildman–Crippen MR) is 148 cm³/mol. The van der Waals surface area contributed by atoms with E-state index in [0.29, 0.717) is 18.5 Å². The summed E-state index contributed by atoms with van der Waals surface area (Å²) >= 11 is 0. The number of carbonyl (C=O) groups excluding carboxylic acids is 2. The quantitative estimate of drug-likeness (QED) is 0.187. The Morgan fingerprint density at radius 3 is 2.56 bits per heavy atom. The lowest BCUT2D eigenvalue weighted by Crippen LogP contribution is -2.47. The van der Waals surface area contributed by atoms with Gasteiger partial charge >= 0.3 is 5.97 Å². The number of aromatic amines is 1. The molecule has 0 bridgehead atoms. The van der Waals surface area contributed by atoms with Crippen molar-refractivity contribution in [2.75, 3.05) is 7.11 Å². The van der Waals surface area contributed by atoms with Gasteiger partial charge in [-0.25, -0.2) is 8.78 Å². The lowest BCUT2D eigenvalue weighted by Gasteiger charge is -2.26. The van der Waals surface area contributed by atoms with Crippen LogP contribution in [0.5, 0.6) is 5.75 Å². The number of para-hydroxylation sites is 1. The van der Waals surface area contributed by atoms with Gasteiger partial charge in [0.1, 0.15) is 5.75 Å². The number of aromatic nitrogens is 1. The molecule has 1 aromatic heterocycles. The van der Waals surface area contributed by atoms with Gasteiger partial charge in [0, 0.05) is 28.9 Å². The average Bonchev–Trinajstić information content (AvgIpc) is 3.63. The van der Waals surface area contributed by atoms with E-state index < -0.39 is 23.6 Å². The van der Waals surface area contributed by atoms with Crippen molar-refractivity contribution in [3.63, 3.8) is 0 Å². The summed E-state index contributed by atoms with van der Waals surface area (Å²) in [7, 11) is 1.34. The molecule has 0 saturated carbocycles. The van der Waals surface area contributed by atoms with Crippen LogP contribution in [-0.4, -0.2) is 46.2 Å². The molecule has 1 amide bonds. The zero-order chi connectivity index (χ0) is 28.9. The predicted octanol–water partition coefficient (Wildman–Crippen LogP) is 3.83. The SMILES string of the molecule is COC(=O)C[C@@H](Cc1c[nH]c2ccccc12)N1C=C(C(Cc2ccc(O)cc2)NC(=O)c2ccc(F)c(F)c2)NN1. The number of hydrazine groups is 2. The van der Waals surface area contributed by atoms with Crippen LogP contribution >= 0.6 is 0 Å². The van der Waals surface area contributed by atoms with Crippen LogP contribution in [0.2, 0.25) is 0 Å². The molecule has 1 unspecified atom stereocenters. The van der Waals surface area contributed by atoms with Crippen LogP contribution < -0.4 is 16.3 Å². The van der Waals surface area contributed by atoms with E-state index >= 15 is 0 Å². The largest absolute Gasteiger partial charge is 0.508 e. The third-order valence-electron chi connectivity index (χ3n) is 7.00. The molecular weight excluding hydrogens is 532 g/mol. The van der Waals surface area contributed by atoms with E-state index in [9.17, 15) is 23.5 Å². The van der Waals surface area contributed by atoms with Gasteiger partial charge in [-0.2, -0.15) is 0 Å². The molecule has 2 atom stereocenters. The Morgan fingerprint density at radius 2 is 1.80 bits per heavy atom. The van der Waals surface area contributed by atoms with Crippen LogP contribution in [0.4, 0.5) is 8.78 Å². The van der Waals surface area contributed by atoms with Gasteiger partial charge in [0.2, 0.25) is 0 Å². The normalized spacial score (nSPS) is 14.3. The number of hydrogen-bond donors (Lipinski definition) is 5. The molecule has 0 spiro atoms. The van der Waals surface area contributed by atoms with E-state index in [-0.39, 0.29) is 29.7 Å². The van der Waals surface area contributed by atoms with E-state index in [2.05, 4.69) is 21.3 Å². The molecule has 0 aliphatic carbocycles. The zero-order valence-corrected chi connectivity index (χ0v) is 22.2. The van der Waals surface area contributed by atoms with Gasteiger partial charge in [-0.15, -0.1) is 5.53 Å². The topological polar surface area (TPSA) is 119 Å². The Bertz CT molecular complexity index is 1590. The minimum atomic E-state index is -1.12. The number of nitrogens with zero attached hydrogens (tertiary/aromatic N) is 1. The first kappa shape index (κ1) is 27.7. The highest BCUT2D eigenvalue weighted by Gasteiger charge is 2.29. The molecule has 5 rings (SSSR count). The fraction of sp³-hybridized carbons (Fsp3) is 0.200.